The Hall–Kier alpha value is -0.0800. The molecule has 3 atom stereocenters. The van der Waals surface area contributed by atoms with Crippen molar-refractivity contribution in [2.75, 3.05) is 13.2 Å². The van der Waals surface area contributed by atoms with E-state index in [1.165, 1.54) is 6.42 Å². The average molecular weight is 170 g/mol. The van der Waals surface area contributed by atoms with Gasteiger partial charge in [0, 0.05) is 12.5 Å². The quantitative estimate of drug-likeness (QED) is 0.647. The maximum absolute atomic E-state index is 10.2. The van der Waals surface area contributed by atoms with E-state index in [0.717, 1.165) is 32.5 Å². The molecule has 0 bridgehead atoms. The van der Waals surface area contributed by atoms with Crippen molar-refractivity contribution in [2.24, 2.45) is 11.8 Å². The molecular formula is C10H18O2. The summed E-state index contributed by atoms with van der Waals surface area (Å²) >= 11 is 0. The number of ether oxygens (including phenoxy) is 1. The topological polar surface area (TPSA) is 29.5 Å². The summed E-state index contributed by atoms with van der Waals surface area (Å²) in [6, 6.07) is 0. The van der Waals surface area contributed by atoms with Crippen molar-refractivity contribution in [3.05, 3.63) is 0 Å². The standard InChI is InChI=1S/C10H18O2/c1-8-4-5-10(8,11)9-3-2-6-12-7-9/h8-9,11H,2-7H2,1H3. The third-order valence-corrected chi connectivity index (χ3v) is 3.70. The van der Waals surface area contributed by atoms with E-state index in [4.69, 9.17) is 4.74 Å². The molecular weight excluding hydrogens is 152 g/mol. The summed E-state index contributed by atoms with van der Waals surface area (Å²) in [6.07, 6.45) is 4.45. The van der Waals surface area contributed by atoms with Crippen LogP contribution in [-0.2, 0) is 4.74 Å². The number of hydrogen-bond donors (Lipinski definition) is 1. The normalized spacial score (nSPS) is 48.5. The first kappa shape index (κ1) is 8.52. The lowest BCUT2D eigenvalue weighted by atomic mass is 9.62. The van der Waals surface area contributed by atoms with Crippen molar-refractivity contribution in [3.8, 4) is 0 Å². The fourth-order valence-corrected chi connectivity index (χ4v) is 2.47. The summed E-state index contributed by atoms with van der Waals surface area (Å²) in [5.41, 5.74) is -0.375. The van der Waals surface area contributed by atoms with Gasteiger partial charge in [-0.05, 0) is 31.6 Å². The highest BCUT2D eigenvalue weighted by Crippen LogP contribution is 2.46. The molecule has 1 saturated carbocycles. The van der Waals surface area contributed by atoms with Crippen molar-refractivity contribution < 1.29 is 9.84 Å². The second-order valence-electron chi connectivity index (χ2n) is 4.35. The Morgan fingerprint density at radius 2 is 2.25 bits per heavy atom. The van der Waals surface area contributed by atoms with Crippen LogP contribution in [0.3, 0.4) is 0 Å². The largest absolute Gasteiger partial charge is 0.389 e. The molecule has 2 fully saturated rings. The molecule has 70 valence electrons. The minimum Gasteiger partial charge on any atom is -0.389 e. The van der Waals surface area contributed by atoms with Gasteiger partial charge in [0.25, 0.3) is 0 Å². The summed E-state index contributed by atoms with van der Waals surface area (Å²) in [5, 5.41) is 10.2. The monoisotopic (exact) mass is 170 g/mol. The molecule has 1 saturated heterocycles. The number of rotatable bonds is 1. The van der Waals surface area contributed by atoms with Crippen LogP contribution in [0.25, 0.3) is 0 Å². The summed E-state index contributed by atoms with van der Waals surface area (Å²) in [7, 11) is 0. The molecule has 0 aromatic carbocycles. The first-order chi connectivity index (χ1) is 5.73. The molecule has 1 aliphatic heterocycles. The first-order valence-corrected chi connectivity index (χ1v) is 5.03. The molecule has 1 aliphatic carbocycles. The molecule has 0 aromatic rings. The van der Waals surface area contributed by atoms with Gasteiger partial charge in [0.15, 0.2) is 0 Å². The van der Waals surface area contributed by atoms with Gasteiger partial charge in [-0.1, -0.05) is 6.92 Å². The highest BCUT2D eigenvalue weighted by atomic mass is 16.5. The van der Waals surface area contributed by atoms with Crippen LogP contribution in [-0.4, -0.2) is 23.9 Å². The molecule has 2 rings (SSSR count). The highest BCUT2D eigenvalue weighted by Gasteiger charge is 2.48. The molecule has 1 N–H and O–H groups in total. The Kier molecular flexibility index (Phi) is 2.13. The smallest absolute Gasteiger partial charge is 0.0723 e. The van der Waals surface area contributed by atoms with Crippen LogP contribution < -0.4 is 0 Å². The number of hydrogen-bond acceptors (Lipinski definition) is 2. The van der Waals surface area contributed by atoms with Gasteiger partial charge in [-0.15, -0.1) is 0 Å². The van der Waals surface area contributed by atoms with Gasteiger partial charge in [0.2, 0.25) is 0 Å². The average Bonchev–Trinajstić information content (AvgIpc) is 2.16. The Morgan fingerprint density at radius 3 is 2.67 bits per heavy atom. The van der Waals surface area contributed by atoms with Crippen molar-refractivity contribution >= 4 is 0 Å². The van der Waals surface area contributed by atoms with E-state index >= 15 is 0 Å². The zero-order valence-corrected chi connectivity index (χ0v) is 7.75. The molecule has 0 radical (unpaired) electrons. The zero-order valence-electron chi connectivity index (χ0n) is 7.75. The fraction of sp³-hybridized carbons (Fsp3) is 1.00. The molecule has 3 unspecified atom stereocenters. The predicted octanol–water partition coefficient (Wildman–Crippen LogP) is 1.57. The maximum Gasteiger partial charge on any atom is 0.0723 e. The van der Waals surface area contributed by atoms with E-state index in [0.29, 0.717) is 11.8 Å². The van der Waals surface area contributed by atoms with E-state index in [1.807, 2.05) is 0 Å². The van der Waals surface area contributed by atoms with E-state index in [-0.39, 0.29) is 5.60 Å². The van der Waals surface area contributed by atoms with Crippen molar-refractivity contribution in [1.29, 1.82) is 0 Å². The van der Waals surface area contributed by atoms with Crippen LogP contribution >= 0.6 is 0 Å². The Labute approximate surface area is 73.9 Å². The molecule has 1 heterocycles. The molecule has 0 amide bonds. The molecule has 2 heteroatoms. The van der Waals surface area contributed by atoms with Crippen molar-refractivity contribution in [2.45, 2.75) is 38.2 Å². The third kappa shape index (κ3) is 1.17. The molecule has 2 nitrogen and oxygen atoms in total. The van der Waals surface area contributed by atoms with E-state index in [2.05, 4.69) is 6.92 Å². The lowest BCUT2D eigenvalue weighted by molar-refractivity contribution is -0.160. The fourth-order valence-electron chi connectivity index (χ4n) is 2.47. The molecule has 2 aliphatic rings. The molecule has 12 heavy (non-hydrogen) atoms. The summed E-state index contributed by atoms with van der Waals surface area (Å²) < 4.78 is 5.39. The first-order valence-electron chi connectivity index (χ1n) is 5.03. The summed E-state index contributed by atoms with van der Waals surface area (Å²) in [4.78, 5) is 0. The van der Waals surface area contributed by atoms with Crippen molar-refractivity contribution in [3.63, 3.8) is 0 Å². The second kappa shape index (κ2) is 3.00. The van der Waals surface area contributed by atoms with Crippen LogP contribution in [0.5, 0.6) is 0 Å². The third-order valence-electron chi connectivity index (χ3n) is 3.70. The lowest BCUT2D eigenvalue weighted by Gasteiger charge is -2.50. The Morgan fingerprint density at radius 1 is 1.42 bits per heavy atom. The maximum atomic E-state index is 10.2. The Bertz CT molecular complexity index is 163. The van der Waals surface area contributed by atoms with Gasteiger partial charge >= 0.3 is 0 Å². The van der Waals surface area contributed by atoms with Gasteiger partial charge < -0.3 is 9.84 Å². The van der Waals surface area contributed by atoms with Gasteiger partial charge in [0.1, 0.15) is 0 Å². The number of aliphatic hydroxyl groups is 1. The minimum atomic E-state index is -0.375. The van der Waals surface area contributed by atoms with Gasteiger partial charge in [-0.3, -0.25) is 0 Å². The van der Waals surface area contributed by atoms with E-state index in [9.17, 15) is 5.11 Å². The Balaban J connectivity index is 1.97. The summed E-state index contributed by atoms with van der Waals surface area (Å²) in [6.45, 7) is 3.82. The van der Waals surface area contributed by atoms with Gasteiger partial charge in [-0.2, -0.15) is 0 Å². The van der Waals surface area contributed by atoms with Crippen molar-refractivity contribution in [1.82, 2.24) is 0 Å². The van der Waals surface area contributed by atoms with Crippen LogP contribution in [0.4, 0.5) is 0 Å². The summed E-state index contributed by atoms with van der Waals surface area (Å²) in [5.74, 6) is 0.902. The van der Waals surface area contributed by atoms with Crippen LogP contribution in [0.15, 0.2) is 0 Å². The van der Waals surface area contributed by atoms with Crippen LogP contribution in [0.2, 0.25) is 0 Å². The SMILES string of the molecule is CC1CCC1(O)C1CCCOC1. The zero-order chi connectivity index (χ0) is 8.60. The van der Waals surface area contributed by atoms with E-state index in [1.54, 1.807) is 0 Å². The van der Waals surface area contributed by atoms with Gasteiger partial charge in [-0.25, -0.2) is 0 Å². The van der Waals surface area contributed by atoms with Gasteiger partial charge in [0.05, 0.1) is 12.2 Å². The molecule has 0 aromatic heterocycles. The highest BCUT2D eigenvalue weighted by molar-refractivity contribution is 4.99. The van der Waals surface area contributed by atoms with Crippen LogP contribution in [0, 0.1) is 11.8 Å². The van der Waals surface area contributed by atoms with Crippen LogP contribution in [0.1, 0.15) is 32.6 Å². The van der Waals surface area contributed by atoms with E-state index < -0.39 is 0 Å². The molecule has 0 spiro atoms. The minimum absolute atomic E-state index is 0.375. The lowest BCUT2D eigenvalue weighted by Crippen LogP contribution is -2.53. The second-order valence-corrected chi connectivity index (χ2v) is 4.35. The predicted molar refractivity (Wildman–Crippen MR) is 46.9 cm³/mol.